The van der Waals surface area contributed by atoms with Crippen LogP contribution in [-0.4, -0.2) is 19.5 Å². The summed E-state index contributed by atoms with van der Waals surface area (Å²) in [6.45, 7) is 0. The Morgan fingerprint density at radius 3 is 2.38 bits per heavy atom. The number of hydrogen-bond donors (Lipinski definition) is 0. The van der Waals surface area contributed by atoms with Crippen LogP contribution in [0.5, 0.6) is 0 Å². The molecule has 0 bridgehead atoms. The molecule has 2 nitrogen and oxygen atoms in total. The molecular weight excluding hydrogens is 361 g/mol. The van der Waals surface area contributed by atoms with Gasteiger partial charge in [0.15, 0.2) is 0 Å². The van der Waals surface area contributed by atoms with Gasteiger partial charge in [0.05, 0.1) is 0 Å². The molecule has 4 rings (SSSR count). The number of benzene rings is 2. The molecule has 116 valence electrons. The second-order valence-electron chi connectivity index (χ2n) is 5.37. The van der Waals surface area contributed by atoms with Gasteiger partial charge in [-0.2, -0.15) is 0 Å². The fourth-order valence-corrected chi connectivity index (χ4v) is 3.74. The molecule has 2 heterocycles. The molecule has 4 aromatic rings. The van der Waals surface area contributed by atoms with Crippen molar-refractivity contribution in [2.24, 2.45) is 0 Å². The van der Waals surface area contributed by atoms with E-state index in [2.05, 4.69) is 46.3 Å². The second-order valence-corrected chi connectivity index (χ2v) is 7.42. The summed E-state index contributed by atoms with van der Waals surface area (Å²) in [5, 5.41) is 0. The molecule has 0 spiro atoms. The zero-order valence-electron chi connectivity index (χ0n) is 12.9. The first-order valence-electron chi connectivity index (χ1n) is 7.72. The second kappa shape index (κ2) is 6.88. The number of aromatic nitrogens is 1. The van der Waals surface area contributed by atoms with Crippen LogP contribution >= 0.6 is 0 Å². The predicted octanol–water partition coefficient (Wildman–Crippen LogP) is 5.24. The van der Waals surface area contributed by atoms with Crippen LogP contribution in [0.2, 0.25) is 0 Å². The van der Waals surface area contributed by atoms with E-state index in [1.54, 1.807) is 6.20 Å². The molecule has 0 aliphatic rings. The summed E-state index contributed by atoms with van der Waals surface area (Å²) < 4.78 is 7.29. The number of rotatable bonds is 4. The number of nitrogens with zero attached hydrogens (tertiary/aromatic N) is 1. The molecule has 0 aliphatic carbocycles. The van der Waals surface area contributed by atoms with E-state index in [4.69, 9.17) is 4.42 Å². The van der Waals surface area contributed by atoms with E-state index in [1.165, 1.54) is 10.0 Å². The monoisotopic (exact) mass is 377 g/mol. The third-order valence-electron chi connectivity index (χ3n) is 3.70. The van der Waals surface area contributed by atoms with Crippen molar-refractivity contribution in [3.05, 3.63) is 87.9 Å². The summed E-state index contributed by atoms with van der Waals surface area (Å²) >= 11 is 0.488. The van der Waals surface area contributed by atoms with Gasteiger partial charge in [-0.25, -0.2) is 0 Å². The Hall–Kier alpha value is -2.61. The van der Waals surface area contributed by atoms with E-state index in [1.807, 2.05) is 42.5 Å². The van der Waals surface area contributed by atoms with Gasteiger partial charge in [0.1, 0.15) is 0 Å². The summed E-state index contributed by atoms with van der Waals surface area (Å²) in [6.07, 6.45) is 6.11. The van der Waals surface area contributed by atoms with Crippen molar-refractivity contribution in [3.63, 3.8) is 0 Å². The molecule has 2 aromatic heterocycles. The molecule has 0 saturated heterocycles. The van der Waals surface area contributed by atoms with Gasteiger partial charge in [-0.3, -0.25) is 0 Å². The van der Waals surface area contributed by atoms with Crippen LogP contribution in [-0.2, 0) is 0 Å². The number of oxazole rings is 1. The summed E-state index contributed by atoms with van der Waals surface area (Å²) in [6, 6.07) is 22.6. The Labute approximate surface area is 146 Å². The fourth-order valence-electron chi connectivity index (χ4n) is 2.44. The Morgan fingerprint density at radius 1 is 0.792 bits per heavy atom. The van der Waals surface area contributed by atoms with Crippen LogP contribution in [0.1, 0.15) is 10.0 Å². The van der Waals surface area contributed by atoms with Gasteiger partial charge in [-0.15, -0.1) is 0 Å². The maximum atomic E-state index is 5.89. The average Bonchev–Trinajstić information content (AvgIpc) is 3.33. The minimum absolute atomic E-state index is 0.488. The summed E-state index contributed by atoms with van der Waals surface area (Å²) in [5.41, 5.74) is 3.20. The molecule has 0 fully saturated rings. The fraction of sp³-hybridized carbons (Fsp3) is 0. The molecule has 0 unspecified atom stereocenters. The first kappa shape index (κ1) is 14.9. The van der Waals surface area contributed by atoms with Crippen LogP contribution in [0, 0.1) is 0 Å². The third-order valence-corrected chi connectivity index (χ3v) is 5.46. The quantitative estimate of drug-likeness (QED) is 0.456. The van der Waals surface area contributed by atoms with E-state index in [-0.39, 0.29) is 0 Å². The summed E-state index contributed by atoms with van der Waals surface area (Å²) in [7, 11) is 0. The van der Waals surface area contributed by atoms with Crippen molar-refractivity contribution in [3.8, 4) is 22.8 Å². The molecular formula is C21H15NOSe. The first-order valence-corrected chi connectivity index (χ1v) is 9.56. The van der Waals surface area contributed by atoms with Gasteiger partial charge in [-0.1, -0.05) is 18.2 Å². The van der Waals surface area contributed by atoms with Crippen LogP contribution in [0.15, 0.2) is 82.3 Å². The molecule has 24 heavy (non-hydrogen) atoms. The molecule has 0 saturated carbocycles. The normalized spacial score (nSPS) is 11.2. The molecule has 0 radical (unpaired) electrons. The molecule has 0 N–H and O–H groups in total. The van der Waals surface area contributed by atoms with Crippen LogP contribution < -0.4 is 0 Å². The van der Waals surface area contributed by atoms with E-state index in [9.17, 15) is 0 Å². The SMILES string of the molecule is C(=Cc1ccc[se]1)c1ccc(-c2ncc(-c3ccccc3)o2)cc1. The number of hydrogen-bond acceptors (Lipinski definition) is 2. The van der Waals surface area contributed by atoms with Crippen molar-refractivity contribution in [1.82, 2.24) is 4.98 Å². The van der Waals surface area contributed by atoms with E-state index in [0.29, 0.717) is 20.4 Å². The Bertz CT molecular complexity index is 935. The van der Waals surface area contributed by atoms with Gasteiger partial charge in [0, 0.05) is 0 Å². The summed E-state index contributed by atoms with van der Waals surface area (Å²) in [4.78, 5) is 6.63. The molecule has 0 amide bonds. The van der Waals surface area contributed by atoms with Crippen molar-refractivity contribution < 1.29 is 4.42 Å². The van der Waals surface area contributed by atoms with E-state index >= 15 is 0 Å². The van der Waals surface area contributed by atoms with Gasteiger partial charge >= 0.3 is 129 Å². The third kappa shape index (κ3) is 3.33. The molecule has 2 aromatic carbocycles. The minimum atomic E-state index is 0.488. The average molecular weight is 376 g/mol. The summed E-state index contributed by atoms with van der Waals surface area (Å²) in [5.74, 6) is 1.44. The van der Waals surface area contributed by atoms with Crippen molar-refractivity contribution in [2.45, 2.75) is 0 Å². The standard InChI is InChI=1S/C21H15NOSe/c1-2-5-17(6-3-1)20-15-22-21(23-20)18-11-8-16(9-12-18)10-13-19-7-4-14-24-19/h1-15H. The Balaban J connectivity index is 1.54. The van der Waals surface area contributed by atoms with Gasteiger partial charge in [0.25, 0.3) is 0 Å². The van der Waals surface area contributed by atoms with Crippen molar-refractivity contribution in [2.75, 3.05) is 0 Å². The van der Waals surface area contributed by atoms with Crippen LogP contribution in [0.3, 0.4) is 0 Å². The molecule has 0 aliphatic heterocycles. The predicted molar refractivity (Wildman–Crippen MR) is 99.7 cm³/mol. The topological polar surface area (TPSA) is 26.0 Å². The van der Waals surface area contributed by atoms with Gasteiger partial charge < -0.3 is 0 Å². The zero-order chi connectivity index (χ0) is 16.2. The van der Waals surface area contributed by atoms with Gasteiger partial charge in [0.2, 0.25) is 0 Å². The van der Waals surface area contributed by atoms with Crippen molar-refractivity contribution >= 4 is 26.7 Å². The van der Waals surface area contributed by atoms with Crippen molar-refractivity contribution in [1.29, 1.82) is 0 Å². The van der Waals surface area contributed by atoms with E-state index in [0.717, 1.165) is 16.9 Å². The zero-order valence-corrected chi connectivity index (χ0v) is 14.6. The first-order chi connectivity index (χ1) is 11.9. The molecule has 3 heteroatoms. The van der Waals surface area contributed by atoms with Crippen LogP contribution in [0.4, 0.5) is 0 Å². The van der Waals surface area contributed by atoms with E-state index < -0.39 is 0 Å². The maximum absolute atomic E-state index is 5.89. The Kier molecular flexibility index (Phi) is 4.28. The van der Waals surface area contributed by atoms with Gasteiger partial charge in [-0.05, 0) is 0 Å². The van der Waals surface area contributed by atoms with Crippen LogP contribution in [0.25, 0.3) is 34.9 Å². The molecule has 0 atom stereocenters. The Morgan fingerprint density at radius 2 is 1.62 bits per heavy atom.